The van der Waals surface area contributed by atoms with Crippen LogP contribution in [0.1, 0.15) is 41.6 Å². The van der Waals surface area contributed by atoms with Crippen LogP contribution < -0.4 is 20.7 Å². The summed E-state index contributed by atoms with van der Waals surface area (Å²) in [4.78, 5) is 39.3. The monoisotopic (exact) mass is 438 g/mol. The average molecular weight is 439 g/mol. The summed E-state index contributed by atoms with van der Waals surface area (Å²) in [5.41, 5.74) is 1.42. The third-order valence-electron chi connectivity index (χ3n) is 5.23. The Morgan fingerprint density at radius 2 is 1.93 bits per heavy atom. The van der Waals surface area contributed by atoms with Gasteiger partial charge in [0.15, 0.2) is 0 Å². The van der Waals surface area contributed by atoms with Gasteiger partial charge in [-0.1, -0.05) is 11.6 Å². The van der Waals surface area contributed by atoms with E-state index in [-0.39, 0.29) is 42.8 Å². The van der Waals surface area contributed by atoms with E-state index in [4.69, 9.17) is 4.74 Å². The molecule has 166 valence electrons. The molecule has 1 saturated heterocycles. The molecule has 3 amide bonds. The van der Waals surface area contributed by atoms with Crippen LogP contribution in [0.2, 0.25) is 0 Å². The Labute approximate surface area is 183 Å². The van der Waals surface area contributed by atoms with Crippen molar-refractivity contribution in [3.63, 3.8) is 0 Å². The molecular formula is C21H31ClN4O4. The second-order valence-corrected chi connectivity index (χ2v) is 7.53. The summed E-state index contributed by atoms with van der Waals surface area (Å²) in [5.74, 6) is 0.239. The van der Waals surface area contributed by atoms with E-state index in [2.05, 4.69) is 16.0 Å². The van der Waals surface area contributed by atoms with Crippen molar-refractivity contribution in [2.24, 2.45) is 0 Å². The minimum absolute atomic E-state index is 0. The number of aryl methyl sites for hydroxylation is 1. The number of hydrogen-bond donors (Lipinski definition) is 3. The molecule has 8 nitrogen and oxygen atoms in total. The van der Waals surface area contributed by atoms with Crippen LogP contribution in [0, 0.1) is 6.92 Å². The molecule has 3 rings (SSSR count). The highest BCUT2D eigenvalue weighted by molar-refractivity contribution is 5.97. The van der Waals surface area contributed by atoms with Crippen molar-refractivity contribution in [1.82, 2.24) is 20.9 Å². The average Bonchev–Trinajstić information content (AvgIpc) is 3.24. The largest absolute Gasteiger partial charge is 0.491 e. The van der Waals surface area contributed by atoms with Gasteiger partial charge in [-0.3, -0.25) is 14.4 Å². The van der Waals surface area contributed by atoms with E-state index in [1.54, 1.807) is 17.0 Å². The van der Waals surface area contributed by atoms with E-state index in [1.807, 2.05) is 13.0 Å². The number of fused-ring (bicyclic) bond motifs is 1. The van der Waals surface area contributed by atoms with Gasteiger partial charge in [0.2, 0.25) is 11.8 Å². The fourth-order valence-electron chi connectivity index (χ4n) is 3.66. The molecule has 0 radical (unpaired) electrons. The van der Waals surface area contributed by atoms with Gasteiger partial charge < -0.3 is 25.6 Å². The van der Waals surface area contributed by atoms with Crippen LogP contribution in [-0.4, -0.2) is 68.0 Å². The molecule has 30 heavy (non-hydrogen) atoms. The maximum atomic E-state index is 12.8. The summed E-state index contributed by atoms with van der Waals surface area (Å²) in [5, 5.41) is 8.96. The van der Waals surface area contributed by atoms with Gasteiger partial charge in [0.05, 0.1) is 18.2 Å². The van der Waals surface area contributed by atoms with Crippen molar-refractivity contribution in [1.29, 1.82) is 0 Å². The lowest BCUT2D eigenvalue weighted by atomic mass is 10.1. The van der Waals surface area contributed by atoms with E-state index < -0.39 is 0 Å². The quantitative estimate of drug-likeness (QED) is 0.607. The molecule has 2 aliphatic rings. The molecule has 2 aliphatic heterocycles. The number of nitrogens with one attached hydrogen (secondary N) is 3. The van der Waals surface area contributed by atoms with Gasteiger partial charge in [-0.2, -0.15) is 0 Å². The van der Waals surface area contributed by atoms with Crippen LogP contribution in [0.15, 0.2) is 18.2 Å². The first-order chi connectivity index (χ1) is 14.0. The Kier molecular flexibility index (Phi) is 9.39. The Hall–Kier alpha value is -2.32. The third-order valence-corrected chi connectivity index (χ3v) is 5.23. The molecular weight excluding hydrogens is 408 g/mol. The first-order valence-electron chi connectivity index (χ1n) is 10.3. The smallest absolute Gasteiger partial charge is 0.255 e. The molecule has 1 aromatic rings. The van der Waals surface area contributed by atoms with Crippen LogP contribution in [0.5, 0.6) is 5.75 Å². The van der Waals surface area contributed by atoms with E-state index in [0.29, 0.717) is 50.3 Å². The maximum Gasteiger partial charge on any atom is 0.255 e. The molecule has 3 N–H and O–H groups in total. The highest BCUT2D eigenvalue weighted by atomic mass is 35.5. The number of carbonyl (C=O) groups is 3. The highest BCUT2D eigenvalue weighted by Gasteiger charge is 2.27. The summed E-state index contributed by atoms with van der Waals surface area (Å²) in [6.45, 7) is 4.66. The van der Waals surface area contributed by atoms with Crippen molar-refractivity contribution in [2.75, 3.05) is 39.3 Å². The molecule has 0 aliphatic carbocycles. The van der Waals surface area contributed by atoms with Gasteiger partial charge >= 0.3 is 0 Å². The topological polar surface area (TPSA) is 99.8 Å². The van der Waals surface area contributed by atoms with Crippen molar-refractivity contribution >= 4 is 30.1 Å². The Morgan fingerprint density at radius 1 is 1.10 bits per heavy atom. The predicted octanol–water partition coefficient (Wildman–Crippen LogP) is 1.02. The molecule has 1 fully saturated rings. The standard InChI is InChI=1S/C21H30N4O4.ClH/c1-15-6-7-18-16(14-15)20(27)24-9-12-25(21(28)17-4-2-8-22-17)11-3-5-19(26)23-10-13-29-18;/h6-7,14,17,22H,2-5,8-13H2,1H3,(H,23,26)(H,24,27);1H/t17-;/m1./s1. The van der Waals surface area contributed by atoms with E-state index in [1.165, 1.54) is 0 Å². The Morgan fingerprint density at radius 3 is 2.70 bits per heavy atom. The zero-order chi connectivity index (χ0) is 20.6. The number of halogens is 1. The van der Waals surface area contributed by atoms with Crippen LogP contribution in [0.25, 0.3) is 0 Å². The second kappa shape index (κ2) is 11.8. The zero-order valence-corrected chi connectivity index (χ0v) is 18.2. The third kappa shape index (κ3) is 6.60. The summed E-state index contributed by atoms with van der Waals surface area (Å²) < 4.78 is 5.72. The van der Waals surface area contributed by atoms with Crippen LogP contribution in [-0.2, 0) is 9.59 Å². The van der Waals surface area contributed by atoms with Crippen molar-refractivity contribution in [3.8, 4) is 5.75 Å². The van der Waals surface area contributed by atoms with Crippen molar-refractivity contribution in [2.45, 2.75) is 38.6 Å². The first-order valence-corrected chi connectivity index (χ1v) is 10.3. The van der Waals surface area contributed by atoms with Gasteiger partial charge in [0, 0.05) is 26.1 Å². The molecule has 0 aromatic heterocycles. The molecule has 0 spiro atoms. The number of hydrogen-bond acceptors (Lipinski definition) is 5. The summed E-state index contributed by atoms with van der Waals surface area (Å²) >= 11 is 0. The number of amides is 3. The summed E-state index contributed by atoms with van der Waals surface area (Å²) in [6, 6.07) is 5.27. The van der Waals surface area contributed by atoms with Crippen molar-refractivity contribution in [3.05, 3.63) is 29.3 Å². The minimum atomic E-state index is -0.228. The Bertz CT molecular complexity index is 753. The highest BCUT2D eigenvalue weighted by Crippen LogP contribution is 2.20. The number of rotatable bonds is 1. The predicted molar refractivity (Wildman–Crippen MR) is 116 cm³/mol. The van der Waals surface area contributed by atoms with E-state index >= 15 is 0 Å². The molecule has 0 unspecified atom stereocenters. The molecule has 0 bridgehead atoms. The molecule has 1 atom stereocenters. The lowest BCUT2D eigenvalue weighted by Gasteiger charge is -2.26. The number of ether oxygens (including phenoxy) is 1. The molecule has 1 aromatic carbocycles. The summed E-state index contributed by atoms with van der Waals surface area (Å²) in [6.07, 6.45) is 2.74. The van der Waals surface area contributed by atoms with Gasteiger partial charge in [-0.05, 0) is 44.9 Å². The number of nitrogens with zero attached hydrogens (tertiary/aromatic N) is 1. The van der Waals surface area contributed by atoms with Crippen LogP contribution >= 0.6 is 12.4 Å². The van der Waals surface area contributed by atoms with E-state index in [0.717, 1.165) is 24.9 Å². The zero-order valence-electron chi connectivity index (χ0n) is 17.4. The molecule has 2 heterocycles. The summed E-state index contributed by atoms with van der Waals surface area (Å²) in [7, 11) is 0. The lowest BCUT2D eigenvalue weighted by molar-refractivity contribution is -0.133. The fourth-order valence-corrected chi connectivity index (χ4v) is 3.66. The van der Waals surface area contributed by atoms with Crippen molar-refractivity contribution < 1.29 is 19.1 Å². The lowest BCUT2D eigenvalue weighted by Crippen LogP contribution is -2.47. The van der Waals surface area contributed by atoms with Crippen LogP contribution in [0.3, 0.4) is 0 Å². The minimum Gasteiger partial charge on any atom is -0.491 e. The molecule has 0 saturated carbocycles. The fraction of sp³-hybridized carbons (Fsp3) is 0.571. The second-order valence-electron chi connectivity index (χ2n) is 7.53. The van der Waals surface area contributed by atoms with Gasteiger partial charge in [0.25, 0.3) is 5.91 Å². The maximum absolute atomic E-state index is 12.8. The van der Waals surface area contributed by atoms with Gasteiger partial charge in [-0.15, -0.1) is 12.4 Å². The van der Waals surface area contributed by atoms with Gasteiger partial charge in [-0.25, -0.2) is 0 Å². The number of carbonyl (C=O) groups excluding carboxylic acids is 3. The SMILES string of the molecule is Cc1ccc2c(c1)C(=O)NCCN(C(=O)[C@H]1CCCN1)CCCC(=O)NCCO2.Cl. The van der Waals surface area contributed by atoms with E-state index in [9.17, 15) is 14.4 Å². The Balaban J connectivity index is 0.00000320. The first kappa shape index (κ1) is 24.0. The normalized spacial score (nSPS) is 21.1. The number of benzene rings is 1. The molecule has 9 heteroatoms. The van der Waals surface area contributed by atoms with Crippen LogP contribution in [0.4, 0.5) is 0 Å². The van der Waals surface area contributed by atoms with Gasteiger partial charge in [0.1, 0.15) is 12.4 Å².